The maximum Gasteiger partial charge on any atom is 0.154 e. The van der Waals surface area contributed by atoms with E-state index in [9.17, 15) is 9.59 Å². The Bertz CT molecular complexity index is 645. The third-order valence-electron chi connectivity index (χ3n) is 6.45. The molecule has 3 heterocycles. The second-order valence-corrected chi connectivity index (χ2v) is 8.32. The van der Waals surface area contributed by atoms with Crippen LogP contribution in [0.5, 0.6) is 0 Å². The van der Waals surface area contributed by atoms with Gasteiger partial charge in [-0.2, -0.15) is 0 Å². The second kappa shape index (κ2) is 7.61. The van der Waals surface area contributed by atoms with Gasteiger partial charge in [-0.05, 0) is 37.3 Å². The van der Waals surface area contributed by atoms with Crippen LogP contribution in [0.15, 0.2) is 30.3 Å². The van der Waals surface area contributed by atoms with Crippen molar-refractivity contribution >= 4 is 11.6 Å². The van der Waals surface area contributed by atoms with Gasteiger partial charge in [-0.25, -0.2) is 0 Å². The maximum atomic E-state index is 12.3. The SMILES string of the molecule is O=C1CCCNCC1.O=C1CCN2C(c3ccccc3)CC12CC1CC1. The molecule has 1 aromatic rings. The normalized spacial score (nSPS) is 31.5. The molecule has 2 unspecified atom stereocenters. The fourth-order valence-corrected chi connectivity index (χ4v) is 4.81. The number of benzene rings is 1. The molecule has 3 saturated heterocycles. The lowest BCUT2D eigenvalue weighted by molar-refractivity contribution is -0.138. The van der Waals surface area contributed by atoms with Gasteiger partial charge in [0, 0.05) is 38.4 Å². The van der Waals surface area contributed by atoms with Crippen molar-refractivity contribution in [3.63, 3.8) is 0 Å². The molecule has 3 aliphatic heterocycles. The van der Waals surface area contributed by atoms with Crippen LogP contribution < -0.4 is 5.32 Å². The topological polar surface area (TPSA) is 49.4 Å². The lowest BCUT2D eigenvalue weighted by atomic mass is 9.72. The number of fused-ring (bicyclic) bond motifs is 1. The van der Waals surface area contributed by atoms with Crippen LogP contribution in [-0.2, 0) is 9.59 Å². The van der Waals surface area contributed by atoms with Gasteiger partial charge in [-0.15, -0.1) is 0 Å². The molecule has 0 bridgehead atoms. The number of carbonyl (C=O) groups excluding carboxylic acids is 2. The molecule has 4 nitrogen and oxygen atoms in total. The first-order valence-electron chi connectivity index (χ1n) is 10.3. The Morgan fingerprint density at radius 3 is 2.62 bits per heavy atom. The molecule has 0 radical (unpaired) electrons. The predicted octanol–water partition coefficient (Wildman–Crippen LogP) is 3.27. The highest BCUT2D eigenvalue weighted by Crippen LogP contribution is 2.56. The molecule has 1 aromatic carbocycles. The van der Waals surface area contributed by atoms with Crippen molar-refractivity contribution < 1.29 is 9.59 Å². The van der Waals surface area contributed by atoms with Crippen LogP contribution in [0.25, 0.3) is 0 Å². The number of hydrogen-bond donors (Lipinski definition) is 1. The summed E-state index contributed by atoms with van der Waals surface area (Å²) in [5.41, 5.74) is 1.33. The van der Waals surface area contributed by atoms with Crippen LogP contribution in [-0.4, -0.2) is 41.6 Å². The van der Waals surface area contributed by atoms with E-state index in [0.29, 0.717) is 17.6 Å². The van der Waals surface area contributed by atoms with Crippen LogP contribution >= 0.6 is 0 Å². The van der Waals surface area contributed by atoms with E-state index in [1.807, 2.05) is 0 Å². The van der Waals surface area contributed by atoms with Crippen molar-refractivity contribution in [1.29, 1.82) is 0 Å². The zero-order chi connectivity index (χ0) is 18.0. The fourth-order valence-electron chi connectivity index (χ4n) is 4.81. The van der Waals surface area contributed by atoms with E-state index >= 15 is 0 Å². The van der Waals surface area contributed by atoms with Crippen molar-refractivity contribution in [2.24, 2.45) is 5.92 Å². The van der Waals surface area contributed by atoms with E-state index in [0.717, 1.165) is 64.1 Å². The first kappa shape index (κ1) is 17.9. The number of nitrogens with one attached hydrogen (secondary N) is 1. The lowest BCUT2D eigenvalue weighted by Gasteiger charge is -2.54. The summed E-state index contributed by atoms with van der Waals surface area (Å²) >= 11 is 0. The van der Waals surface area contributed by atoms with Gasteiger partial charge < -0.3 is 5.32 Å². The summed E-state index contributed by atoms with van der Waals surface area (Å²) in [4.78, 5) is 25.4. The minimum Gasteiger partial charge on any atom is -0.316 e. The first-order chi connectivity index (χ1) is 12.7. The molecule has 0 aromatic heterocycles. The molecule has 4 fully saturated rings. The quantitative estimate of drug-likeness (QED) is 0.905. The number of carbonyl (C=O) groups is 2. The first-order valence-corrected chi connectivity index (χ1v) is 10.3. The summed E-state index contributed by atoms with van der Waals surface area (Å²) < 4.78 is 0. The Balaban J connectivity index is 0.000000178. The van der Waals surface area contributed by atoms with Crippen molar-refractivity contribution in [2.45, 2.75) is 62.9 Å². The second-order valence-electron chi connectivity index (χ2n) is 8.32. The molecule has 1 aliphatic carbocycles. The summed E-state index contributed by atoms with van der Waals surface area (Å²) in [5.74, 6) is 1.77. The lowest BCUT2D eigenvalue weighted by Crippen LogP contribution is -2.61. The van der Waals surface area contributed by atoms with Gasteiger partial charge in [0.05, 0.1) is 5.54 Å². The number of rotatable bonds is 3. The molecule has 2 atom stereocenters. The Morgan fingerprint density at radius 1 is 1.04 bits per heavy atom. The van der Waals surface area contributed by atoms with E-state index in [1.54, 1.807) is 0 Å². The minimum absolute atomic E-state index is 0.0539. The molecular formula is C22H30N2O2. The fraction of sp³-hybridized carbons (Fsp3) is 0.636. The Morgan fingerprint density at radius 2 is 1.85 bits per heavy atom. The van der Waals surface area contributed by atoms with E-state index < -0.39 is 0 Å². The smallest absolute Gasteiger partial charge is 0.154 e. The summed E-state index contributed by atoms with van der Waals surface area (Å²) in [7, 11) is 0. The predicted molar refractivity (Wildman–Crippen MR) is 102 cm³/mol. The van der Waals surface area contributed by atoms with Crippen LogP contribution in [0.4, 0.5) is 0 Å². The van der Waals surface area contributed by atoms with Crippen molar-refractivity contribution in [3.05, 3.63) is 35.9 Å². The summed E-state index contributed by atoms with van der Waals surface area (Å²) in [6.07, 6.45) is 8.21. The maximum absolute atomic E-state index is 12.3. The molecule has 4 heteroatoms. The van der Waals surface area contributed by atoms with Crippen LogP contribution in [0.2, 0.25) is 0 Å². The standard InChI is InChI=1S/C16H19NO.C6H11NO/c18-15-8-9-17-14(13-4-2-1-3-5-13)11-16(15,17)10-12-6-7-12;8-6-2-1-4-7-5-3-6/h1-5,12,14H,6-11H2;7H,1-5H2. The number of hydrogen-bond acceptors (Lipinski definition) is 4. The Labute approximate surface area is 156 Å². The van der Waals surface area contributed by atoms with Crippen molar-refractivity contribution in [2.75, 3.05) is 19.6 Å². The zero-order valence-electron chi connectivity index (χ0n) is 15.6. The van der Waals surface area contributed by atoms with Gasteiger partial charge in [0.15, 0.2) is 5.78 Å². The molecule has 140 valence electrons. The number of nitrogens with zero attached hydrogens (tertiary/aromatic N) is 1. The summed E-state index contributed by atoms with van der Waals surface area (Å²) in [6, 6.07) is 11.2. The average molecular weight is 354 g/mol. The van der Waals surface area contributed by atoms with Gasteiger partial charge in [-0.1, -0.05) is 43.2 Å². The van der Waals surface area contributed by atoms with Gasteiger partial charge in [-0.3, -0.25) is 14.5 Å². The van der Waals surface area contributed by atoms with Gasteiger partial charge >= 0.3 is 0 Å². The highest BCUT2D eigenvalue weighted by molar-refractivity contribution is 5.92. The molecule has 0 spiro atoms. The van der Waals surface area contributed by atoms with Crippen LogP contribution in [0.1, 0.15) is 63.0 Å². The van der Waals surface area contributed by atoms with E-state index in [-0.39, 0.29) is 5.54 Å². The number of Topliss-reactive ketones (excluding diaryl/α,β-unsaturated/α-hetero) is 2. The van der Waals surface area contributed by atoms with E-state index in [4.69, 9.17) is 0 Å². The van der Waals surface area contributed by atoms with Gasteiger partial charge in [0.1, 0.15) is 5.78 Å². The monoisotopic (exact) mass is 354 g/mol. The third-order valence-corrected chi connectivity index (χ3v) is 6.45. The van der Waals surface area contributed by atoms with Gasteiger partial charge in [0.25, 0.3) is 0 Å². The molecule has 0 amide bonds. The van der Waals surface area contributed by atoms with Crippen molar-refractivity contribution in [3.8, 4) is 0 Å². The highest BCUT2D eigenvalue weighted by atomic mass is 16.1. The molecule has 4 aliphatic rings. The average Bonchev–Trinajstić information content (AvgIpc) is 3.44. The van der Waals surface area contributed by atoms with Crippen LogP contribution in [0, 0.1) is 5.92 Å². The largest absolute Gasteiger partial charge is 0.316 e. The van der Waals surface area contributed by atoms with Crippen molar-refractivity contribution in [1.82, 2.24) is 10.2 Å². The Kier molecular flexibility index (Phi) is 5.23. The zero-order valence-corrected chi connectivity index (χ0v) is 15.6. The van der Waals surface area contributed by atoms with Crippen LogP contribution in [0.3, 0.4) is 0 Å². The minimum atomic E-state index is -0.0539. The Hall–Kier alpha value is -1.52. The molecule has 1 N–H and O–H groups in total. The van der Waals surface area contributed by atoms with Gasteiger partial charge in [0.2, 0.25) is 0 Å². The van der Waals surface area contributed by atoms with E-state index in [1.165, 1.54) is 18.4 Å². The third kappa shape index (κ3) is 3.63. The summed E-state index contributed by atoms with van der Waals surface area (Å²) in [6.45, 7) is 2.88. The molecule has 26 heavy (non-hydrogen) atoms. The molecule has 1 saturated carbocycles. The highest BCUT2D eigenvalue weighted by Gasteiger charge is 2.60. The van der Waals surface area contributed by atoms with E-state index in [2.05, 4.69) is 40.5 Å². The molecular weight excluding hydrogens is 324 g/mol. The molecule has 5 rings (SSSR count). The number of ketones is 2. The summed E-state index contributed by atoms with van der Waals surface area (Å²) in [5, 5.41) is 3.16.